The monoisotopic (exact) mass is 532 g/mol. The molecular weight excluding hydrogens is 508 g/mol. The van der Waals surface area contributed by atoms with Gasteiger partial charge in [0, 0.05) is 18.1 Å². The summed E-state index contributed by atoms with van der Waals surface area (Å²) >= 11 is 6.11. The molecule has 4 aliphatic rings. The molecule has 1 aromatic heterocycles. The number of nitrogens with zero attached hydrogens (tertiary/aromatic N) is 6. The first-order chi connectivity index (χ1) is 18.6. The number of hydrogen-bond acceptors (Lipinski definition) is 7. The highest BCUT2D eigenvalue weighted by molar-refractivity contribution is 6.30. The SMILES string of the molecule is O=C(C1C2C=CC3(CN(C(c4ccccc4)c4nnnn4-c4ccc(Cl)cc4)C(=O)C13)O2)N1CCOCC1. The summed E-state index contributed by atoms with van der Waals surface area (Å²) in [6.45, 7) is 2.33. The molecule has 5 heterocycles. The van der Waals surface area contributed by atoms with Crippen molar-refractivity contribution >= 4 is 23.4 Å². The third-order valence-corrected chi connectivity index (χ3v) is 8.23. The van der Waals surface area contributed by atoms with Gasteiger partial charge in [-0.05, 0) is 40.3 Å². The summed E-state index contributed by atoms with van der Waals surface area (Å²) < 4.78 is 13.5. The Morgan fingerprint density at radius 1 is 1.08 bits per heavy atom. The average molecular weight is 533 g/mol. The van der Waals surface area contributed by atoms with Crippen molar-refractivity contribution in [3.8, 4) is 5.69 Å². The van der Waals surface area contributed by atoms with Crippen molar-refractivity contribution in [2.24, 2.45) is 11.8 Å². The zero-order chi connectivity index (χ0) is 25.9. The third kappa shape index (κ3) is 3.58. The molecular formula is C27H25ClN6O4. The quantitative estimate of drug-likeness (QED) is 0.463. The molecule has 0 saturated carbocycles. The zero-order valence-corrected chi connectivity index (χ0v) is 21.1. The zero-order valence-electron chi connectivity index (χ0n) is 20.4. The second-order valence-electron chi connectivity index (χ2n) is 10.0. The fourth-order valence-electron chi connectivity index (χ4n) is 6.26. The van der Waals surface area contributed by atoms with Crippen LogP contribution in [0.15, 0.2) is 66.7 Å². The van der Waals surface area contributed by atoms with Gasteiger partial charge in [-0.1, -0.05) is 54.1 Å². The number of fused-ring (bicyclic) bond motifs is 1. The number of hydrogen-bond donors (Lipinski definition) is 0. The maximum Gasteiger partial charge on any atom is 0.230 e. The van der Waals surface area contributed by atoms with E-state index in [1.807, 2.05) is 54.6 Å². The summed E-state index contributed by atoms with van der Waals surface area (Å²) in [4.78, 5) is 31.5. The largest absolute Gasteiger partial charge is 0.378 e. The molecule has 10 nitrogen and oxygen atoms in total. The van der Waals surface area contributed by atoms with Crippen molar-refractivity contribution in [2.75, 3.05) is 32.8 Å². The van der Waals surface area contributed by atoms with Gasteiger partial charge in [-0.2, -0.15) is 4.68 Å². The van der Waals surface area contributed by atoms with Crippen LogP contribution in [0.3, 0.4) is 0 Å². The molecule has 0 aliphatic carbocycles. The number of rotatable bonds is 5. The van der Waals surface area contributed by atoms with E-state index in [2.05, 4.69) is 15.5 Å². The van der Waals surface area contributed by atoms with Gasteiger partial charge in [0.1, 0.15) is 11.6 Å². The predicted octanol–water partition coefficient (Wildman–Crippen LogP) is 2.05. The van der Waals surface area contributed by atoms with Gasteiger partial charge in [0.2, 0.25) is 11.8 Å². The van der Waals surface area contributed by atoms with E-state index in [0.717, 1.165) is 11.3 Å². The number of likely N-dealkylation sites (tertiary alicyclic amines) is 1. The summed E-state index contributed by atoms with van der Waals surface area (Å²) in [5.41, 5.74) is 0.717. The minimum Gasteiger partial charge on any atom is -0.378 e. The minimum atomic E-state index is -0.861. The van der Waals surface area contributed by atoms with Crippen LogP contribution in [0, 0.1) is 11.8 Å². The highest BCUT2D eigenvalue weighted by atomic mass is 35.5. The lowest BCUT2D eigenvalue weighted by Crippen LogP contribution is -2.49. The second-order valence-corrected chi connectivity index (χ2v) is 10.5. The highest BCUT2D eigenvalue weighted by Crippen LogP contribution is 2.54. The van der Waals surface area contributed by atoms with Gasteiger partial charge in [0.25, 0.3) is 0 Å². The first-order valence-electron chi connectivity index (χ1n) is 12.7. The average Bonchev–Trinajstić information content (AvgIpc) is 3.72. The maximum atomic E-state index is 14.3. The van der Waals surface area contributed by atoms with Crippen LogP contribution in [0.2, 0.25) is 5.02 Å². The van der Waals surface area contributed by atoms with Crippen molar-refractivity contribution in [1.82, 2.24) is 30.0 Å². The van der Waals surface area contributed by atoms with Crippen LogP contribution in [0.4, 0.5) is 0 Å². The van der Waals surface area contributed by atoms with Crippen molar-refractivity contribution in [3.05, 3.63) is 83.2 Å². The van der Waals surface area contributed by atoms with Crippen LogP contribution < -0.4 is 0 Å². The molecule has 2 amide bonds. The normalized spacial score (nSPS) is 28.7. The molecule has 3 aromatic rings. The van der Waals surface area contributed by atoms with Crippen molar-refractivity contribution < 1.29 is 19.1 Å². The van der Waals surface area contributed by atoms with E-state index in [9.17, 15) is 9.59 Å². The highest BCUT2D eigenvalue weighted by Gasteiger charge is 2.68. The molecule has 2 aromatic carbocycles. The van der Waals surface area contributed by atoms with Crippen molar-refractivity contribution in [3.63, 3.8) is 0 Å². The van der Waals surface area contributed by atoms with E-state index >= 15 is 0 Å². The summed E-state index contributed by atoms with van der Waals surface area (Å²) in [5.74, 6) is -0.883. The molecule has 194 valence electrons. The second kappa shape index (κ2) is 9.00. The minimum absolute atomic E-state index is 0.0491. The molecule has 0 radical (unpaired) electrons. The van der Waals surface area contributed by atoms with E-state index in [-0.39, 0.29) is 11.8 Å². The fourth-order valence-corrected chi connectivity index (χ4v) is 6.38. The molecule has 7 rings (SSSR count). The van der Waals surface area contributed by atoms with Crippen molar-refractivity contribution in [1.29, 1.82) is 0 Å². The van der Waals surface area contributed by atoms with Gasteiger partial charge in [-0.25, -0.2) is 0 Å². The summed E-state index contributed by atoms with van der Waals surface area (Å²) in [5, 5.41) is 13.2. The number of tetrazole rings is 1. The van der Waals surface area contributed by atoms with E-state index in [0.29, 0.717) is 43.7 Å². The summed E-state index contributed by atoms with van der Waals surface area (Å²) in [6, 6.07) is 16.3. The molecule has 3 saturated heterocycles. The Labute approximate surface area is 223 Å². The Kier molecular flexibility index (Phi) is 5.57. The van der Waals surface area contributed by atoms with Crippen LogP contribution in [0.5, 0.6) is 0 Å². The van der Waals surface area contributed by atoms with E-state index < -0.39 is 29.6 Å². The first-order valence-corrected chi connectivity index (χ1v) is 13.1. The molecule has 0 N–H and O–H groups in total. The van der Waals surface area contributed by atoms with Crippen LogP contribution in [-0.2, 0) is 19.1 Å². The van der Waals surface area contributed by atoms with Gasteiger partial charge >= 0.3 is 0 Å². The van der Waals surface area contributed by atoms with Gasteiger partial charge in [0.05, 0.1) is 43.4 Å². The van der Waals surface area contributed by atoms with Crippen LogP contribution in [0.25, 0.3) is 5.69 Å². The molecule has 11 heteroatoms. The number of ether oxygens (including phenoxy) is 2. The number of aromatic nitrogens is 4. The number of benzene rings is 2. The van der Waals surface area contributed by atoms with E-state index in [1.54, 1.807) is 26.6 Å². The lowest BCUT2D eigenvalue weighted by Gasteiger charge is -2.33. The maximum absolute atomic E-state index is 14.3. The van der Waals surface area contributed by atoms with E-state index in [1.165, 1.54) is 0 Å². The topological polar surface area (TPSA) is 103 Å². The van der Waals surface area contributed by atoms with Crippen LogP contribution in [-0.4, -0.2) is 86.4 Å². The summed E-state index contributed by atoms with van der Waals surface area (Å²) in [7, 11) is 0. The Bertz CT molecular complexity index is 1410. The Morgan fingerprint density at radius 2 is 1.84 bits per heavy atom. The van der Waals surface area contributed by atoms with Gasteiger partial charge in [-0.3, -0.25) is 9.59 Å². The fraction of sp³-hybridized carbons (Fsp3) is 0.370. The standard InChI is InChI=1S/C27H25ClN6O4/c28-18-6-8-19(9-7-18)34-24(29-30-31-34)23(17-4-2-1-3-5-17)33-16-27-11-10-20(38-27)21(22(27)26(33)36)25(35)32-12-14-37-15-13-32/h1-11,20-23H,12-16H2. The number of amides is 2. The first kappa shape index (κ1) is 23.5. The predicted molar refractivity (Wildman–Crippen MR) is 135 cm³/mol. The number of halogens is 1. The Hall–Kier alpha value is -3.60. The van der Waals surface area contributed by atoms with Crippen LogP contribution in [0.1, 0.15) is 17.4 Å². The molecule has 4 aliphatic heterocycles. The Morgan fingerprint density at radius 3 is 2.61 bits per heavy atom. The lowest BCUT2D eigenvalue weighted by molar-refractivity contribution is -0.146. The lowest BCUT2D eigenvalue weighted by atomic mass is 9.76. The van der Waals surface area contributed by atoms with Crippen LogP contribution >= 0.6 is 11.6 Å². The van der Waals surface area contributed by atoms with Gasteiger partial charge < -0.3 is 19.3 Å². The number of carbonyl (C=O) groups is 2. The summed E-state index contributed by atoms with van der Waals surface area (Å²) in [6.07, 6.45) is 3.50. The molecule has 38 heavy (non-hydrogen) atoms. The van der Waals surface area contributed by atoms with Gasteiger partial charge in [-0.15, -0.1) is 5.10 Å². The van der Waals surface area contributed by atoms with E-state index in [4.69, 9.17) is 21.1 Å². The smallest absolute Gasteiger partial charge is 0.230 e. The molecule has 1 spiro atoms. The molecule has 3 fully saturated rings. The number of carbonyl (C=O) groups excluding carboxylic acids is 2. The molecule has 5 unspecified atom stereocenters. The third-order valence-electron chi connectivity index (χ3n) is 7.97. The molecule has 5 atom stereocenters. The van der Waals surface area contributed by atoms with Crippen molar-refractivity contribution in [2.45, 2.75) is 17.7 Å². The Balaban J connectivity index is 1.28. The van der Waals surface area contributed by atoms with Gasteiger partial charge in [0.15, 0.2) is 5.82 Å². The number of morpholine rings is 1. The molecule has 2 bridgehead atoms.